The van der Waals surface area contributed by atoms with E-state index in [4.69, 9.17) is 10.5 Å². The van der Waals surface area contributed by atoms with Crippen LogP contribution in [-0.2, 0) is 35.3 Å². The van der Waals surface area contributed by atoms with Crippen LogP contribution in [0.1, 0.15) is 73.3 Å². The monoisotopic (exact) mass is 625 g/mol. The molecule has 1 aromatic rings. The van der Waals surface area contributed by atoms with Crippen LogP contribution < -0.4 is 21.7 Å². The van der Waals surface area contributed by atoms with Crippen LogP contribution in [0.4, 0.5) is 4.79 Å². The molecule has 4 rings (SSSR count). The zero-order chi connectivity index (χ0) is 33.5. The number of hydrogen-bond acceptors (Lipinski definition) is 7. The van der Waals surface area contributed by atoms with E-state index in [2.05, 4.69) is 16.0 Å². The molecule has 45 heavy (non-hydrogen) atoms. The Hall–Kier alpha value is -3.96. The van der Waals surface area contributed by atoms with E-state index in [1.165, 1.54) is 18.7 Å². The predicted molar refractivity (Wildman–Crippen MR) is 165 cm³/mol. The average molecular weight is 626 g/mol. The summed E-state index contributed by atoms with van der Waals surface area (Å²) in [5, 5.41) is 8.11. The first kappa shape index (κ1) is 33.9. The van der Waals surface area contributed by atoms with Crippen molar-refractivity contribution in [2.24, 2.45) is 34.3 Å². The van der Waals surface area contributed by atoms with E-state index in [0.717, 1.165) is 18.4 Å². The molecular formula is C33H47N5O7. The average Bonchev–Trinajstić information content (AvgIpc) is 3.80. The Kier molecular flexibility index (Phi) is 9.38. The molecule has 5 amide bonds. The summed E-state index contributed by atoms with van der Waals surface area (Å²) in [6, 6.07) is 5.41. The molecule has 5 atom stereocenters. The highest BCUT2D eigenvalue weighted by molar-refractivity contribution is 6.37. The van der Waals surface area contributed by atoms with Gasteiger partial charge in [-0.1, -0.05) is 77.8 Å². The van der Waals surface area contributed by atoms with Crippen molar-refractivity contribution >= 4 is 35.5 Å². The van der Waals surface area contributed by atoms with Gasteiger partial charge in [-0.3, -0.25) is 19.2 Å². The zero-order valence-corrected chi connectivity index (χ0v) is 27.3. The number of nitrogens with zero attached hydrogens (tertiary/aromatic N) is 1. The number of Topliss-reactive ketones (excluding diaryl/α,β-unsaturated/α-hetero) is 1. The number of ketones is 1. The van der Waals surface area contributed by atoms with E-state index in [1.54, 1.807) is 20.8 Å². The van der Waals surface area contributed by atoms with Crippen LogP contribution >= 0.6 is 0 Å². The molecule has 0 aromatic heterocycles. The fraction of sp³-hybridized carbons (Fsp3) is 0.636. The van der Waals surface area contributed by atoms with Crippen LogP contribution in [0.15, 0.2) is 30.3 Å². The molecule has 12 nitrogen and oxygen atoms in total. The molecule has 3 fully saturated rings. The largest absolute Gasteiger partial charge is 0.459 e. The number of rotatable bonds is 12. The summed E-state index contributed by atoms with van der Waals surface area (Å²) in [6.45, 7) is 12.8. The third-order valence-corrected chi connectivity index (χ3v) is 9.44. The minimum atomic E-state index is -1.41. The smallest absolute Gasteiger partial charge is 0.331 e. The molecule has 0 spiro atoms. The van der Waals surface area contributed by atoms with Crippen molar-refractivity contribution in [3.63, 3.8) is 0 Å². The second-order valence-electron chi connectivity index (χ2n) is 14.9. The molecule has 2 aliphatic carbocycles. The Labute approximate surface area is 264 Å². The van der Waals surface area contributed by atoms with E-state index in [0.29, 0.717) is 13.0 Å². The molecule has 1 heterocycles. The maximum absolute atomic E-state index is 14.2. The van der Waals surface area contributed by atoms with Crippen LogP contribution in [-0.4, -0.2) is 70.6 Å². The van der Waals surface area contributed by atoms with E-state index in [9.17, 15) is 28.8 Å². The van der Waals surface area contributed by atoms with Gasteiger partial charge < -0.3 is 31.3 Å². The summed E-state index contributed by atoms with van der Waals surface area (Å²) in [4.78, 5) is 79.8. The number of carbonyl (C=O) groups excluding carboxylic acids is 6. The number of nitrogens with one attached hydrogen (secondary N) is 3. The third kappa shape index (κ3) is 7.65. The second-order valence-corrected chi connectivity index (χ2v) is 14.9. The lowest BCUT2D eigenvalue weighted by atomic mass is 9.85. The molecule has 0 radical (unpaired) electrons. The number of carbonyl (C=O) groups is 6. The first-order valence-corrected chi connectivity index (χ1v) is 15.6. The number of benzene rings is 1. The van der Waals surface area contributed by atoms with Gasteiger partial charge >= 0.3 is 12.0 Å². The highest BCUT2D eigenvalue weighted by Gasteiger charge is 2.70. The molecule has 1 unspecified atom stereocenters. The fourth-order valence-electron chi connectivity index (χ4n) is 6.38. The maximum atomic E-state index is 14.2. The summed E-state index contributed by atoms with van der Waals surface area (Å²) in [5.74, 6) is -3.44. The Morgan fingerprint density at radius 1 is 1.00 bits per heavy atom. The maximum Gasteiger partial charge on any atom is 0.331 e. The van der Waals surface area contributed by atoms with Gasteiger partial charge in [-0.25, -0.2) is 9.59 Å². The van der Waals surface area contributed by atoms with Crippen molar-refractivity contribution in [3.8, 4) is 0 Å². The van der Waals surface area contributed by atoms with Gasteiger partial charge in [-0.05, 0) is 54.4 Å². The molecule has 3 aliphatic rings. The topological polar surface area (TPSA) is 177 Å². The van der Waals surface area contributed by atoms with E-state index in [1.807, 2.05) is 44.2 Å². The molecule has 5 N–H and O–H groups in total. The van der Waals surface area contributed by atoms with Crippen LogP contribution in [0.5, 0.6) is 0 Å². The fourth-order valence-corrected chi connectivity index (χ4v) is 6.38. The summed E-state index contributed by atoms with van der Waals surface area (Å²) < 4.78 is 5.41. The minimum Gasteiger partial charge on any atom is -0.459 e. The van der Waals surface area contributed by atoms with Crippen LogP contribution in [0.25, 0.3) is 0 Å². The van der Waals surface area contributed by atoms with Gasteiger partial charge in [0.25, 0.3) is 5.91 Å². The molecule has 0 bridgehead atoms. The van der Waals surface area contributed by atoms with Crippen molar-refractivity contribution in [2.45, 2.75) is 98.0 Å². The SMILES string of the molecule is CC(C)(NC(=O)N[C@H](C(=O)N1C[C@H]2[C@@H]([C@H]1C(=O)NC(CC1CC1)C(=O)C(N)=O)C2(C)C)C(C)(C)C)C(=O)OCc1ccccc1. The summed E-state index contributed by atoms with van der Waals surface area (Å²) in [7, 11) is 0. The lowest BCUT2D eigenvalue weighted by Gasteiger charge is -2.38. The Balaban J connectivity index is 1.47. The Morgan fingerprint density at radius 3 is 2.18 bits per heavy atom. The number of nitrogens with two attached hydrogens (primary N) is 1. The van der Waals surface area contributed by atoms with E-state index >= 15 is 0 Å². The third-order valence-electron chi connectivity index (χ3n) is 9.44. The lowest BCUT2D eigenvalue weighted by molar-refractivity contribution is -0.151. The predicted octanol–water partition coefficient (Wildman–Crippen LogP) is 2.04. The quantitative estimate of drug-likeness (QED) is 0.203. The first-order chi connectivity index (χ1) is 20.8. The van der Waals surface area contributed by atoms with Crippen LogP contribution in [0.2, 0.25) is 0 Å². The molecular weight excluding hydrogens is 578 g/mol. The molecule has 1 saturated heterocycles. The second kappa shape index (κ2) is 12.4. The van der Waals surface area contributed by atoms with Gasteiger partial charge in [-0.2, -0.15) is 0 Å². The van der Waals surface area contributed by atoms with Gasteiger partial charge in [0.15, 0.2) is 0 Å². The Bertz CT molecular complexity index is 1350. The van der Waals surface area contributed by atoms with Crippen LogP contribution in [0.3, 0.4) is 0 Å². The number of likely N-dealkylation sites (tertiary alicyclic amines) is 1. The van der Waals surface area contributed by atoms with E-state index in [-0.39, 0.29) is 29.8 Å². The number of hydrogen-bond donors (Lipinski definition) is 4. The number of fused-ring (bicyclic) bond motifs is 1. The molecule has 1 aromatic carbocycles. The van der Waals surface area contributed by atoms with Crippen molar-refractivity contribution < 1.29 is 33.5 Å². The van der Waals surface area contributed by atoms with Gasteiger partial charge in [0.1, 0.15) is 24.2 Å². The molecule has 12 heteroatoms. The lowest BCUT2D eigenvalue weighted by Crippen LogP contribution is -2.63. The number of primary amides is 1. The number of amides is 5. The van der Waals surface area contributed by atoms with Crippen molar-refractivity contribution in [1.82, 2.24) is 20.9 Å². The van der Waals surface area contributed by atoms with Gasteiger partial charge in [0, 0.05) is 6.54 Å². The molecule has 2 saturated carbocycles. The van der Waals surface area contributed by atoms with E-state index < -0.39 is 64.6 Å². The standard InChI is InChI=1S/C33H47N5O7/c1-31(2,3)25(36-30(44)37-33(6,7)29(43)45-17-19-11-9-8-10-12-19)28(42)38-16-20-22(32(20,4)5)23(38)27(41)35-21(15-18-13-14-18)24(39)26(34)40/h8-12,18,20-23,25H,13-17H2,1-7H3,(H2,34,40)(H,35,41)(H2,36,37,44)/t20-,21?,22-,23-,25+/m0/s1. The molecule has 246 valence electrons. The normalized spacial score (nSPS) is 23.2. The highest BCUT2D eigenvalue weighted by atomic mass is 16.5. The van der Waals surface area contributed by atoms with Crippen molar-refractivity contribution in [3.05, 3.63) is 35.9 Å². The summed E-state index contributed by atoms with van der Waals surface area (Å²) in [5.41, 5.74) is 3.69. The van der Waals surface area contributed by atoms with Gasteiger partial charge in [0.05, 0.1) is 6.04 Å². The number of urea groups is 1. The number of ether oxygens (including phenoxy) is 1. The summed E-state index contributed by atoms with van der Waals surface area (Å²) >= 11 is 0. The molecule has 1 aliphatic heterocycles. The first-order valence-electron chi connectivity index (χ1n) is 15.6. The van der Waals surface area contributed by atoms with Crippen molar-refractivity contribution in [1.29, 1.82) is 0 Å². The van der Waals surface area contributed by atoms with Gasteiger partial charge in [0.2, 0.25) is 17.6 Å². The van der Waals surface area contributed by atoms with Crippen LogP contribution in [0, 0.1) is 28.6 Å². The number of piperidine rings is 1. The van der Waals surface area contributed by atoms with Gasteiger partial charge in [-0.15, -0.1) is 0 Å². The minimum absolute atomic E-state index is 0.0408. The number of esters is 1. The zero-order valence-electron chi connectivity index (χ0n) is 27.3. The summed E-state index contributed by atoms with van der Waals surface area (Å²) in [6.07, 6.45) is 2.14. The Morgan fingerprint density at radius 2 is 1.62 bits per heavy atom. The highest BCUT2D eigenvalue weighted by Crippen LogP contribution is 2.65. The van der Waals surface area contributed by atoms with Crippen molar-refractivity contribution in [2.75, 3.05) is 6.54 Å².